The lowest BCUT2D eigenvalue weighted by Gasteiger charge is -2.22. The molecule has 1 aromatic carbocycles. The van der Waals surface area contributed by atoms with Gasteiger partial charge in [-0.05, 0) is 30.2 Å². The molecule has 1 heterocycles. The second kappa shape index (κ2) is 5.67. The minimum atomic E-state index is -0.523. The van der Waals surface area contributed by atoms with Crippen molar-refractivity contribution in [3.63, 3.8) is 0 Å². The highest BCUT2D eigenvalue weighted by molar-refractivity contribution is 5.76. The summed E-state index contributed by atoms with van der Waals surface area (Å²) in [5.74, 6) is -0.608. The molecule has 0 saturated carbocycles. The Morgan fingerprint density at radius 1 is 1.58 bits per heavy atom. The van der Waals surface area contributed by atoms with E-state index in [1.54, 1.807) is 6.07 Å². The van der Waals surface area contributed by atoms with E-state index < -0.39 is 12.1 Å². The molecule has 2 unspecified atom stereocenters. The molecule has 0 aromatic heterocycles. The molecule has 2 rings (SSSR count). The number of hydrogen-bond acceptors (Lipinski definition) is 4. The Bertz CT molecular complexity index is 478. The van der Waals surface area contributed by atoms with Crippen molar-refractivity contribution in [2.45, 2.75) is 32.0 Å². The number of methoxy groups -OCH3 is 1. The lowest BCUT2D eigenvalue weighted by molar-refractivity contribution is -0.146. The Morgan fingerprint density at radius 3 is 2.95 bits per heavy atom. The topological polar surface area (TPSA) is 49.8 Å². The molecule has 1 aliphatic rings. The zero-order valence-electron chi connectivity index (χ0n) is 11.1. The number of carbonyl (C=O) groups is 1. The van der Waals surface area contributed by atoms with Crippen LogP contribution in [0.3, 0.4) is 0 Å². The van der Waals surface area contributed by atoms with Crippen LogP contribution in [0.1, 0.15) is 17.5 Å². The van der Waals surface area contributed by atoms with Crippen LogP contribution in [0.2, 0.25) is 0 Å². The SMILES string of the molecule is COC(=O)C1CC(O)CN1Cc1ccc(F)cc1C. The second-order valence-electron chi connectivity index (χ2n) is 4.93. The van der Waals surface area contributed by atoms with Crippen molar-refractivity contribution in [2.75, 3.05) is 13.7 Å². The largest absolute Gasteiger partial charge is 0.468 e. The van der Waals surface area contributed by atoms with Crippen LogP contribution >= 0.6 is 0 Å². The highest BCUT2D eigenvalue weighted by atomic mass is 19.1. The van der Waals surface area contributed by atoms with Gasteiger partial charge in [0, 0.05) is 19.5 Å². The van der Waals surface area contributed by atoms with Gasteiger partial charge in [-0.25, -0.2) is 4.39 Å². The zero-order chi connectivity index (χ0) is 14.0. The number of nitrogens with zero attached hydrogens (tertiary/aromatic N) is 1. The molecule has 1 saturated heterocycles. The molecule has 4 nitrogen and oxygen atoms in total. The number of aliphatic hydroxyl groups is 1. The van der Waals surface area contributed by atoms with E-state index in [2.05, 4.69) is 0 Å². The molecule has 0 aliphatic carbocycles. The zero-order valence-corrected chi connectivity index (χ0v) is 11.1. The number of ether oxygens (including phenoxy) is 1. The first kappa shape index (κ1) is 14.0. The highest BCUT2D eigenvalue weighted by Gasteiger charge is 2.36. The first-order valence-corrected chi connectivity index (χ1v) is 6.26. The summed E-state index contributed by atoms with van der Waals surface area (Å²) in [4.78, 5) is 13.5. The second-order valence-corrected chi connectivity index (χ2v) is 4.93. The van der Waals surface area contributed by atoms with E-state index in [1.807, 2.05) is 11.8 Å². The fourth-order valence-electron chi connectivity index (χ4n) is 2.49. The monoisotopic (exact) mass is 267 g/mol. The molecule has 5 heteroatoms. The maximum absolute atomic E-state index is 13.1. The maximum atomic E-state index is 13.1. The van der Waals surface area contributed by atoms with E-state index in [0.717, 1.165) is 11.1 Å². The summed E-state index contributed by atoms with van der Waals surface area (Å²) in [5, 5.41) is 9.70. The number of hydrogen-bond donors (Lipinski definition) is 1. The first-order valence-electron chi connectivity index (χ1n) is 6.26. The van der Waals surface area contributed by atoms with E-state index in [-0.39, 0.29) is 11.8 Å². The number of likely N-dealkylation sites (tertiary alicyclic amines) is 1. The third-order valence-corrected chi connectivity index (χ3v) is 3.53. The Kier molecular flexibility index (Phi) is 4.17. The summed E-state index contributed by atoms with van der Waals surface area (Å²) < 4.78 is 17.8. The van der Waals surface area contributed by atoms with Crippen molar-refractivity contribution in [3.8, 4) is 0 Å². The molecule has 0 spiro atoms. The first-order chi connectivity index (χ1) is 9.01. The summed E-state index contributed by atoms with van der Waals surface area (Å²) in [7, 11) is 1.34. The standard InChI is InChI=1S/C14H18FNO3/c1-9-5-11(15)4-3-10(9)7-16-8-12(17)6-13(16)14(18)19-2/h3-5,12-13,17H,6-8H2,1-2H3. The van der Waals surface area contributed by atoms with Gasteiger partial charge in [-0.3, -0.25) is 9.69 Å². The van der Waals surface area contributed by atoms with Crippen molar-refractivity contribution in [2.24, 2.45) is 0 Å². The van der Waals surface area contributed by atoms with Crippen LogP contribution in [0.25, 0.3) is 0 Å². The lowest BCUT2D eigenvalue weighted by Crippen LogP contribution is -2.36. The van der Waals surface area contributed by atoms with Crippen LogP contribution < -0.4 is 0 Å². The van der Waals surface area contributed by atoms with Gasteiger partial charge in [0.15, 0.2) is 0 Å². The molecule has 104 valence electrons. The number of esters is 1. The van der Waals surface area contributed by atoms with Crippen LogP contribution in [0, 0.1) is 12.7 Å². The summed E-state index contributed by atoms with van der Waals surface area (Å²) in [6.07, 6.45) is -0.141. The normalized spacial score (nSPS) is 23.6. The Morgan fingerprint density at radius 2 is 2.32 bits per heavy atom. The number of carbonyl (C=O) groups excluding carboxylic acids is 1. The van der Waals surface area contributed by atoms with Gasteiger partial charge in [-0.15, -0.1) is 0 Å². The average Bonchev–Trinajstić information content (AvgIpc) is 2.73. The third-order valence-electron chi connectivity index (χ3n) is 3.53. The number of benzene rings is 1. The van der Waals surface area contributed by atoms with Crippen LogP contribution in [-0.4, -0.2) is 41.8 Å². The van der Waals surface area contributed by atoms with Gasteiger partial charge in [0.1, 0.15) is 11.9 Å². The summed E-state index contributed by atoms with van der Waals surface area (Å²) >= 11 is 0. The molecule has 2 atom stereocenters. The molecule has 19 heavy (non-hydrogen) atoms. The molecule has 1 N–H and O–H groups in total. The quantitative estimate of drug-likeness (QED) is 0.837. The van der Waals surface area contributed by atoms with Gasteiger partial charge in [0.2, 0.25) is 0 Å². The minimum absolute atomic E-state index is 0.271. The van der Waals surface area contributed by atoms with Gasteiger partial charge < -0.3 is 9.84 Å². The Labute approximate surface area is 111 Å². The summed E-state index contributed by atoms with van der Waals surface area (Å²) in [5.41, 5.74) is 1.79. The molecule has 1 aliphatic heterocycles. The van der Waals surface area contributed by atoms with Crippen molar-refractivity contribution in [1.29, 1.82) is 0 Å². The predicted molar refractivity (Wildman–Crippen MR) is 68.0 cm³/mol. The Hall–Kier alpha value is -1.46. The van der Waals surface area contributed by atoms with E-state index >= 15 is 0 Å². The maximum Gasteiger partial charge on any atom is 0.323 e. The third kappa shape index (κ3) is 3.11. The molecular weight excluding hydrogens is 249 g/mol. The van der Waals surface area contributed by atoms with Gasteiger partial charge in [-0.2, -0.15) is 0 Å². The van der Waals surface area contributed by atoms with Crippen LogP contribution in [0.5, 0.6) is 0 Å². The fraction of sp³-hybridized carbons (Fsp3) is 0.500. The van der Waals surface area contributed by atoms with Gasteiger partial charge >= 0.3 is 5.97 Å². The molecule has 0 amide bonds. The molecular formula is C14H18FNO3. The smallest absolute Gasteiger partial charge is 0.323 e. The molecule has 1 fully saturated rings. The van der Waals surface area contributed by atoms with Crippen LogP contribution in [0.4, 0.5) is 4.39 Å². The van der Waals surface area contributed by atoms with E-state index in [4.69, 9.17) is 4.74 Å². The number of rotatable bonds is 3. The Balaban J connectivity index is 2.14. The number of aryl methyl sites for hydroxylation is 1. The molecule has 0 bridgehead atoms. The highest BCUT2D eigenvalue weighted by Crippen LogP contribution is 2.23. The van der Waals surface area contributed by atoms with Crippen molar-refractivity contribution < 1.29 is 19.0 Å². The summed E-state index contributed by atoms with van der Waals surface area (Å²) in [6, 6.07) is 4.16. The van der Waals surface area contributed by atoms with E-state index in [1.165, 1.54) is 19.2 Å². The van der Waals surface area contributed by atoms with Crippen molar-refractivity contribution >= 4 is 5.97 Å². The summed E-state index contributed by atoms with van der Waals surface area (Å²) in [6.45, 7) is 2.76. The number of aliphatic hydroxyl groups excluding tert-OH is 1. The van der Waals surface area contributed by atoms with Crippen molar-refractivity contribution in [3.05, 3.63) is 35.1 Å². The predicted octanol–water partition coefficient (Wildman–Crippen LogP) is 1.24. The van der Waals surface area contributed by atoms with Crippen LogP contribution in [0.15, 0.2) is 18.2 Å². The van der Waals surface area contributed by atoms with E-state index in [9.17, 15) is 14.3 Å². The average molecular weight is 267 g/mol. The molecule has 0 radical (unpaired) electrons. The number of β-amino-alcohol motifs (C(OH)–C–C–N with tert-alkyl or cyclic N) is 1. The van der Waals surface area contributed by atoms with Gasteiger partial charge in [0.05, 0.1) is 13.2 Å². The lowest BCUT2D eigenvalue weighted by atomic mass is 10.1. The number of halogens is 1. The van der Waals surface area contributed by atoms with E-state index in [0.29, 0.717) is 19.5 Å². The van der Waals surface area contributed by atoms with Gasteiger partial charge in [-0.1, -0.05) is 6.07 Å². The molecule has 1 aromatic rings. The van der Waals surface area contributed by atoms with Crippen molar-refractivity contribution in [1.82, 2.24) is 4.90 Å². The minimum Gasteiger partial charge on any atom is -0.468 e. The van der Waals surface area contributed by atoms with Crippen LogP contribution in [-0.2, 0) is 16.1 Å². The fourth-order valence-corrected chi connectivity index (χ4v) is 2.49. The van der Waals surface area contributed by atoms with Gasteiger partial charge in [0.25, 0.3) is 0 Å².